The average Bonchev–Trinajstić information content (AvgIpc) is 3.09. The van der Waals surface area contributed by atoms with Gasteiger partial charge in [0.25, 0.3) is 6.02 Å². The van der Waals surface area contributed by atoms with E-state index in [2.05, 4.69) is 41.1 Å². The first-order valence-electron chi connectivity index (χ1n) is 10.2. The van der Waals surface area contributed by atoms with Crippen LogP contribution in [0.1, 0.15) is 35.6 Å². The SMILES string of the molecule is CN1CCCC2(CN=C(N3CCc4ccccc4[C@@H]3c3cccc(F)c3)O2)C1. The van der Waals surface area contributed by atoms with E-state index in [1.807, 2.05) is 6.07 Å². The zero-order chi connectivity index (χ0) is 19.1. The summed E-state index contributed by atoms with van der Waals surface area (Å²) in [5.74, 6) is -0.208. The van der Waals surface area contributed by atoms with E-state index in [4.69, 9.17) is 9.73 Å². The fourth-order valence-corrected chi connectivity index (χ4v) is 4.96. The molecule has 1 saturated heterocycles. The Hall–Kier alpha value is -2.40. The number of fused-ring (bicyclic) bond motifs is 1. The number of rotatable bonds is 1. The van der Waals surface area contributed by atoms with Gasteiger partial charge in [0.05, 0.1) is 12.6 Å². The van der Waals surface area contributed by atoms with Gasteiger partial charge in [0.1, 0.15) is 11.4 Å². The minimum Gasteiger partial charge on any atom is -0.455 e. The monoisotopic (exact) mass is 379 g/mol. The Balaban J connectivity index is 1.50. The zero-order valence-corrected chi connectivity index (χ0v) is 16.3. The van der Waals surface area contributed by atoms with E-state index < -0.39 is 0 Å². The second kappa shape index (κ2) is 6.89. The molecule has 0 saturated carbocycles. The van der Waals surface area contributed by atoms with Crippen molar-refractivity contribution in [3.05, 3.63) is 71.0 Å². The Labute approximate surface area is 165 Å². The lowest BCUT2D eigenvalue weighted by Crippen LogP contribution is -2.51. The second-order valence-electron chi connectivity index (χ2n) is 8.32. The highest BCUT2D eigenvalue weighted by atomic mass is 19.1. The first-order valence-corrected chi connectivity index (χ1v) is 10.2. The number of hydrogen-bond acceptors (Lipinski definition) is 4. The lowest BCUT2D eigenvalue weighted by molar-refractivity contribution is 0.000259. The fraction of sp³-hybridized carbons (Fsp3) is 0.435. The molecule has 2 aromatic rings. The first kappa shape index (κ1) is 17.7. The molecule has 0 aliphatic carbocycles. The summed E-state index contributed by atoms with van der Waals surface area (Å²) >= 11 is 0. The van der Waals surface area contributed by atoms with Gasteiger partial charge in [-0.15, -0.1) is 0 Å². The molecule has 1 fully saturated rings. The summed E-state index contributed by atoms with van der Waals surface area (Å²) in [7, 11) is 2.15. The van der Waals surface area contributed by atoms with Gasteiger partial charge in [-0.1, -0.05) is 36.4 Å². The summed E-state index contributed by atoms with van der Waals surface area (Å²) in [6.45, 7) is 3.56. The van der Waals surface area contributed by atoms with Crippen molar-refractivity contribution in [1.82, 2.24) is 9.80 Å². The van der Waals surface area contributed by atoms with Crippen LogP contribution < -0.4 is 0 Å². The summed E-state index contributed by atoms with van der Waals surface area (Å²) < 4.78 is 20.6. The third-order valence-electron chi connectivity index (χ3n) is 6.23. The summed E-state index contributed by atoms with van der Waals surface area (Å²) in [6.07, 6.45) is 3.12. The first-order chi connectivity index (χ1) is 13.6. The molecule has 4 nitrogen and oxygen atoms in total. The van der Waals surface area contributed by atoms with Crippen LogP contribution in [-0.2, 0) is 11.2 Å². The van der Waals surface area contributed by atoms with E-state index >= 15 is 0 Å². The van der Waals surface area contributed by atoms with Gasteiger partial charge < -0.3 is 14.5 Å². The number of hydrogen-bond donors (Lipinski definition) is 0. The van der Waals surface area contributed by atoms with Crippen LogP contribution >= 0.6 is 0 Å². The predicted octanol–water partition coefficient (Wildman–Crippen LogP) is 3.62. The van der Waals surface area contributed by atoms with Gasteiger partial charge in [0, 0.05) is 13.1 Å². The fourth-order valence-electron chi connectivity index (χ4n) is 4.96. The van der Waals surface area contributed by atoms with Crippen LogP contribution in [-0.4, -0.2) is 54.6 Å². The summed E-state index contributed by atoms with van der Waals surface area (Å²) in [4.78, 5) is 9.41. The molecule has 1 spiro atoms. The number of likely N-dealkylation sites (N-methyl/N-ethyl adjacent to an activating group) is 1. The number of ether oxygens (including phenoxy) is 1. The highest BCUT2D eigenvalue weighted by molar-refractivity contribution is 5.78. The van der Waals surface area contributed by atoms with Crippen molar-refractivity contribution in [3.63, 3.8) is 0 Å². The van der Waals surface area contributed by atoms with E-state index in [1.54, 1.807) is 12.1 Å². The average molecular weight is 379 g/mol. The van der Waals surface area contributed by atoms with E-state index in [9.17, 15) is 4.39 Å². The van der Waals surface area contributed by atoms with Crippen molar-refractivity contribution in [2.24, 2.45) is 4.99 Å². The summed E-state index contributed by atoms with van der Waals surface area (Å²) in [6, 6.07) is 16.0. The van der Waals surface area contributed by atoms with E-state index in [0.717, 1.165) is 50.5 Å². The third-order valence-corrected chi connectivity index (χ3v) is 6.23. The smallest absolute Gasteiger partial charge is 0.288 e. The molecule has 146 valence electrons. The minimum atomic E-state index is -0.208. The molecule has 0 aromatic heterocycles. The molecule has 5 rings (SSSR count). The molecule has 3 heterocycles. The van der Waals surface area contributed by atoms with Crippen LogP contribution in [0.2, 0.25) is 0 Å². The van der Waals surface area contributed by atoms with Crippen molar-refractivity contribution in [2.75, 3.05) is 33.2 Å². The largest absolute Gasteiger partial charge is 0.455 e. The molecule has 2 atom stereocenters. The van der Waals surface area contributed by atoms with Gasteiger partial charge in [-0.3, -0.25) is 0 Å². The maximum Gasteiger partial charge on any atom is 0.288 e. The lowest BCUT2D eigenvalue weighted by atomic mass is 9.88. The number of benzene rings is 2. The van der Waals surface area contributed by atoms with Gasteiger partial charge in [-0.25, -0.2) is 9.38 Å². The highest BCUT2D eigenvalue weighted by Gasteiger charge is 2.44. The Bertz CT molecular complexity index is 914. The topological polar surface area (TPSA) is 28.1 Å². The van der Waals surface area contributed by atoms with Crippen LogP contribution in [0.4, 0.5) is 4.39 Å². The van der Waals surface area contributed by atoms with Crippen LogP contribution in [0.5, 0.6) is 0 Å². The van der Waals surface area contributed by atoms with Gasteiger partial charge in [-0.2, -0.15) is 0 Å². The number of piperidine rings is 1. The van der Waals surface area contributed by atoms with Gasteiger partial charge in [0.15, 0.2) is 0 Å². The number of halogens is 1. The molecule has 3 aliphatic rings. The van der Waals surface area contributed by atoms with Crippen LogP contribution in [0.15, 0.2) is 53.5 Å². The van der Waals surface area contributed by atoms with E-state index in [1.165, 1.54) is 17.2 Å². The van der Waals surface area contributed by atoms with E-state index in [-0.39, 0.29) is 17.5 Å². The van der Waals surface area contributed by atoms with Gasteiger partial charge in [0.2, 0.25) is 0 Å². The molecule has 2 aromatic carbocycles. The standard InChI is InChI=1S/C23H26FN3O/c1-26-12-5-11-23(16-26)15-25-22(28-23)27-13-10-17-6-2-3-9-20(17)21(27)18-7-4-8-19(24)14-18/h2-4,6-9,14,21H,5,10-13,15-16H2,1H3/t21-,23?/m0/s1. The molecule has 0 amide bonds. The Morgan fingerprint density at radius 2 is 2.04 bits per heavy atom. The Kier molecular flexibility index (Phi) is 4.35. The Morgan fingerprint density at radius 3 is 2.89 bits per heavy atom. The van der Waals surface area contributed by atoms with Gasteiger partial charge >= 0.3 is 0 Å². The minimum absolute atomic E-state index is 0.0733. The summed E-state index contributed by atoms with van der Waals surface area (Å²) in [5, 5.41) is 0. The molecule has 0 bridgehead atoms. The normalized spacial score (nSPS) is 27.4. The maximum atomic E-state index is 14.0. The van der Waals surface area contributed by atoms with Crippen molar-refractivity contribution in [2.45, 2.75) is 30.9 Å². The zero-order valence-electron chi connectivity index (χ0n) is 16.3. The number of aliphatic imine (C=N–C) groups is 1. The molecule has 0 N–H and O–H groups in total. The molecule has 28 heavy (non-hydrogen) atoms. The molecular weight excluding hydrogens is 353 g/mol. The molecular formula is C23H26FN3O. The highest BCUT2D eigenvalue weighted by Crippen LogP contribution is 2.38. The second-order valence-corrected chi connectivity index (χ2v) is 8.32. The maximum absolute atomic E-state index is 14.0. The molecule has 3 aliphatic heterocycles. The molecule has 1 unspecified atom stereocenters. The number of amidine groups is 1. The lowest BCUT2D eigenvalue weighted by Gasteiger charge is -2.41. The van der Waals surface area contributed by atoms with Crippen molar-refractivity contribution in [3.8, 4) is 0 Å². The number of likely N-dealkylation sites (tertiary alicyclic amines) is 1. The van der Waals surface area contributed by atoms with Crippen LogP contribution in [0, 0.1) is 5.82 Å². The van der Waals surface area contributed by atoms with Crippen LogP contribution in [0.25, 0.3) is 0 Å². The van der Waals surface area contributed by atoms with Crippen molar-refractivity contribution < 1.29 is 9.13 Å². The third kappa shape index (κ3) is 3.08. The van der Waals surface area contributed by atoms with Crippen LogP contribution in [0.3, 0.4) is 0 Å². The molecule has 0 radical (unpaired) electrons. The summed E-state index contributed by atoms with van der Waals surface area (Å²) in [5.41, 5.74) is 3.28. The van der Waals surface area contributed by atoms with Crippen molar-refractivity contribution in [1.29, 1.82) is 0 Å². The van der Waals surface area contributed by atoms with Crippen molar-refractivity contribution >= 4 is 6.02 Å². The Morgan fingerprint density at radius 1 is 1.14 bits per heavy atom. The molecule has 5 heteroatoms. The quantitative estimate of drug-likeness (QED) is 0.758. The van der Waals surface area contributed by atoms with Gasteiger partial charge in [-0.05, 0) is 61.7 Å². The predicted molar refractivity (Wildman–Crippen MR) is 108 cm³/mol. The number of nitrogens with zero attached hydrogens (tertiary/aromatic N) is 3. The van der Waals surface area contributed by atoms with E-state index in [0.29, 0.717) is 6.54 Å².